The smallest absolute Gasteiger partial charge is 0.0122 e. The van der Waals surface area contributed by atoms with E-state index < -0.39 is 0 Å². The standard InChI is InChI=1S/C11H16S/c1-9-5-7-10(8-6-9)12-11(2,3)4/h5-8H,1-4H3. The van der Waals surface area contributed by atoms with Gasteiger partial charge in [-0.1, -0.05) is 38.5 Å². The summed E-state index contributed by atoms with van der Waals surface area (Å²) < 4.78 is 0.315. The number of hydrogen-bond donors (Lipinski definition) is 0. The molecule has 0 nitrogen and oxygen atoms in total. The van der Waals surface area contributed by atoms with Gasteiger partial charge in [0.05, 0.1) is 0 Å². The van der Waals surface area contributed by atoms with Gasteiger partial charge >= 0.3 is 0 Å². The molecule has 0 unspecified atom stereocenters. The number of thioether (sulfide) groups is 1. The quantitative estimate of drug-likeness (QED) is 0.591. The molecule has 0 spiro atoms. The van der Waals surface area contributed by atoms with Gasteiger partial charge in [0.2, 0.25) is 0 Å². The van der Waals surface area contributed by atoms with Gasteiger partial charge in [-0.2, -0.15) is 0 Å². The van der Waals surface area contributed by atoms with Crippen LogP contribution in [0.15, 0.2) is 29.2 Å². The maximum absolute atomic E-state index is 2.23. The third-order valence-electron chi connectivity index (χ3n) is 1.45. The van der Waals surface area contributed by atoms with E-state index in [0.29, 0.717) is 4.75 Å². The lowest BCUT2D eigenvalue weighted by Crippen LogP contribution is -2.06. The van der Waals surface area contributed by atoms with E-state index in [-0.39, 0.29) is 0 Å². The molecule has 0 aliphatic rings. The van der Waals surface area contributed by atoms with E-state index in [9.17, 15) is 0 Å². The molecule has 0 aromatic heterocycles. The Bertz CT molecular complexity index is 241. The Hall–Kier alpha value is -0.430. The molecule has 0 saturated carbocycles. The normalized spacial score (nSPS) is 11.7. The summed E-state index contributed by atoms with van der Waals surface area (Å²) in [6.07, 6.45) is 0. The molecule has 0 radical (unpaired) electrons. The van der Waals surface area contributed by atoms with Gasteiger partial charge in [-0.15, -0.1) is 11.8 Å². The molecule has 1 heteroatoms. The largest absolute Gasteiger partial charge is 0.120 e. The molecular weight excluding hydrogens is 164 g/mol. The first-order valence-corrected chi connectivity index (χ1v) is 5.05. The van der Waals surface area contributed by atoms with Crippen molar-refractivity contribution in [1.29, 1.82) is 0 Å². The second-order valence-electron chi connectivity index (χ2n) is 4.03. The van der Waals surface area contributed by atoms with Crippen LogP contribution in [0.5, 0.6) is 0 Å². The number of rotatable bonds is 1. The second-order valence-corrected chi connectivity index (χ2v) is 5.93. The summed E-state index contributed by atoms with van der Waals surface area (Å²) in [6.45, 7) is 8.82. The molecule has 0 heterocycles. The number of benzene rings is 1. The Morgan fingerprint density at radius 1 is 1.00 bits per heavy atom. The van der Waals surface area contributed by atoms with Crippen molar-refractivity contribution < 1.29 is 0 Å². The monoisotopic (exact) mass is 180 g/mol. The lowest BCUT2D eigenvalue weighted by Gasteiger charge is -2.17. The van der Waals surface area contributed by atoms with E-state index in [1.807, 2.05) is 11.8 Å². The van der Waals surface area contributed by atoms with Crippen LogP contribution in [-0.2, 0) is 0 Å². The third-order valence-corrected chi connectivity index (χ3v) is 2.57. The maximum atomic E-state index is 2.23. The number of aryl methyl sites for hydroxylation is 1. The fraction of sp³-hybridized carbons (Fsp3) is 0.455. The Morgan fingerprint density at radius 3 is 1.92 bits per heavy atom. The molecule has 66 valence electrons. The molecule has 0 saturated heterocycles. The third kappa shape index (κ3) is 3.31. The van der Waals surface area contributed by atoms with Crippen molar-refractivity contribution >= 4 is 11.8 Å². The van der Waals surface area contributed by atoms with Crippen molar-refractivity contribution in [2.75, 3.05) is 0 Å². The Morgan fingerprint density at radius 2 is 1.50 bits per heavy atom. The summed E-state index contributed by atoms with van der Waals surface area (Å²) in [5.41, 5.74) is 1.33. The summed E-state index contributed by atoms with van der Waals surface area (Å²) in [5.74, 6) is 0. The number of hydrogen-bond acceptors (Lipinski definition) is 1. The van der Waals surface area contributed by atoms with Gasteiger partial charge in [0, 0.05) is 9.64 Å². The van der Waals surface area contributed by atoms with Crippen molar-refractivity contribution in [3.05, 3.63) is 29.8 Å². The summed E-state index contributed by atoms with van der Waals surface area (Å²) >= 11 is 1.91. The Kier molecular flexibility index (Phi) is 2.84. The molecule has 1 rings (SSSR count). The molecule has 0 aliphatic carbocycles. The molecule has 0 fully saturated rings. The fourth-order valence-corrected chi connectivity index (χ4v) is 1.94. The lowest BCUT2D eigenvalue weighted by molar-refractivity contribution is 0.803. The van der Waals surface area contributed by atoms with Gasteiger partial charge in [0.1, 0.15) is 0 Å². The van der Waals surface area contributed by atoms with E-state index in [4.69, 9.17) is 0 Å². The zero-order valence-corrected chi connectivity index (χ0v) is 9.03. The maximum Gasteiger partial charge on any atom is 0.0122 e. The van der Waals surface area contributed by atoms with Crippen LogP contribution in [0.3, 0.4) is 0 Å². The first-order chi connectivity index (χ1) is 5.47. The summed E-state index contributed by atoms with van der Waals surface area (Å²) in [5, 5.41) is 0. The average molecular weight is 180 g/mol. The van der Waals surface area contributed by atoms with Crippen LogP contribution in [0.25, 0.3) is 0 Å². The van der Waals surface area contributed by atoms with E-state index in [2.05, 4.69) is 52.0 Å². The van der Waals surface area contributed by atoms with Gasteiger partial charge in [-0.25, -0.2) is 0 Å². The highest BCUT2D eigenvalue weighted by Crippen LogP contribution is 2.31. The first-order valence-electron chi connectivity index (χ1n) is 4.23. The van der Waals surface area contributed by atoms with Crippen LogP contribution >= 0.6 is 11.8 Å². The zero-order chi connectivity index (χ0) is 9.19. The molecular formula is C11H16S. The van der Waals surface area contributed by atoms with Crippen LogP contribution in [0.4, 0.5) is 0 Å². The summed E-state index contributed by atoms with van der Waals surface area (Å²) in [6, 6.07) is 8.69. The van der Waals surface area contributed by atoms with Crippen molar-refractivity contribution in [2.24, 2.45) is 0 Å². The van der Waals surface area contributed by atoms with Crippen molar-refractivity contribution in [3.8, 4) is 0 Å². The van der Waals surface area contributed by atoms with Crippen molar-refractivity contribution in [2.45, 2.75) is 37.3 Å². The minimum atomic E-state index is 0.315. The molecule has 1 aromatic rings. The minimum absolute atomic E-state index is 0.315. The highest BCUT2D eigenvalue weighted by Gasteiger charge is 2.11. The van der Waals surface area contributed by atoms with Crippen LogP contribution < -0.4 is 0 Å². The molecule has 0 atom stereocenters. The van der Waals surface area contributed by atoms with Crippen molar-refractivity contribution in [1.82, 2.24) is 0 Å². The van der Waals surface area contributed by atoms with Crippen molar-refractivity contribution in [3.63, 3.8) is 0 Å². The van der Waals surface area contributed by atoms with E-state index in [0.717, 1.165) is 0 Å². The average Bonchev–Trinajstić information content (AvgIpc) is 1.91. The topological polar surface area (TPSA) is 0 Å². The van der Waals surface area contributed by atoms with Crippen LogP contribution in [-0.4, -0.2) is 4.75 Å². The van der Waals surface area contributed by atoms with Gasteiger partial charge in [-0.05, 0) is 19.1 Å². The predicted molar refractivity (Wildman–Crippen MR) is 56.8 cm³/mol. The second kappa shape index (κ2) is 3.53. The summed E-state index contributed by atoms with van der Waals surface area (Å²) in [4.78, 5) is 1.35. The minimum Gasteiger partial charge on any atom is -0.120 e. The molecule has 0 aliphatic heterocycles. The Labute approximate surface area is 79.4 Å². The SMILES string of the molecule is Cc1ccc(SC(C)(C)C)cc1. The Balaban J connectivity index is 2.71. The molecule has 0 bridgehead atoms. The van der Waals surface area contributed by atoms with E-state index >= 15 is 0 Å². The van der Waals surface area contributed by atoms with Gasteiger partial charge < -0.3 is 0 Å². The van der Waals surface area contributed by atoms with E-state index in [1.54, 1.807) is 0 Å². The highest BCUT2D eigenvalue weighted by atomic mass is 32.2. The van der Waals surface area contributed by atoms with Gasteiger partial charge in [-0.3, -0.25) is 0 Å². The van der Waals surface area contributed by atoms with Gasteiger partial charge in [0.15, 0.2) is 0 Å². The molecule has 12 heavy (non-hydrogen) atoms. The zero-order valence-electron chi connectivity index (χ0n) is 8.22. The van der Waals surface area contributed by atoms with Crippen LogP contribution in [0, 0.1) is 6.92 Å². The molecule has 1 aromatic carbocycles. The molecule has 0 N–H and O–H groups in total. The fourth-order valence-electron chi connectivity index (χ4n) is 0.960. The van der Waals surface area contributed by atoms with E-state index in [1.165, 1.54) is 10.5 Å². The van der Waals surface area contributed by atoms with Gasteiger partial charge in [0.25, 0.3) is 0 Å². The summed E-state index contributed by atoms with van der Waals surface area (Å²) in [7, 11) is 0. The lowest BCUT2D eigenvalue weighted by atomic mass is 10.2. The van der Waals surface area contributed by atoms with Crippen LogP contribution in [0.1, 0.15) is 26.3 Å². The first kappa shape index (κ1) is 9.66. The molecule has 0 amide bonds. The highest BCUT2D eigenvalue weighted by molar-refractivity contribution is 8.00. The predicted octanol–water partition coefficient (Wildman–Crippen LogP) is 3.89. The van der Waals surface area contributed by atoms with Crippen LogP contribution in [0.2, 0.25) is 0 Å².